The molecule has 0 N–H and O–H groups in total. The van der Waals surface area contributed by atoms with E-state index in [2.05, 4.69) is 22.9 Å². The number of hydrogen-bond donors (Lipinski definition) is 0. The van der Waals surface area contributed by atoms with Crippen LogP contribution in [0.1, 0.15) is 26.7 Å². The van der Waals surface area contributed by atoms with Gasteiger partial charge in [0.05, 0.1) is 19.3 Å². The van der Waals surface area contributed by atoms with Crippen molar-refractivity contribution in [2.45, 2.75) is 32.8 Å². The van der Waals surface area contributed by atoms with Crippen molar-refractivity contribution >= 4 is 15.9 Å². The van der Waals surface area contributed by atoms with Crippen LogP contribution in [-0.2, 0) is 9.47 Å². The van der Waals surface area contributed by atoms with Gasteiger partial charge in [0.15, 0.2) is 0 Å². The summed E-state index contributed by atoms with van der Waals surface area (Å²) in [5, 5.41) is 1.07. The Bertz CT molecular complexity index is 146. The van der Waals surface area contributed by atoms with E-state index in [1.54, 1.807) is 0 Å². The van der Waals surface area contributed by atoms with E-state index in [0.717, 1.165) is 25.2 Å². The third-order valence-electron chi connectivity index (χ3n) is 2.47. The summed E-state index contributed by atoms with van der Waals surface area (Å²) in [5.41, 5.74) is 0.459. The smallest absolute Gasteiger partial charge is 0.0780 e. The second-order valence-electron chi connectivity index (χ2n) is 3.91. The van der Waals surface area contributed by atoms with Gasteiger partial charge in [-0.1, -0.05) is 15.9 Å². The molecular formula is C10H19BrO2. The monoisotopic (exact) mass is 250 g/mol. The predicted octanol–water partition coefficient (Wildman–Crippen LogP) is 2.60. The first-order chi connectivity index (χ1) is 6.22. The van der Waals surface area contributed by atoms with E-state index in [4.69, 9.17) is 9.47 Å². The van der Waals surface area contributed by atoms with Crippen LogP contribution in [0, 0.1) is 5.41 Å². The topological polar surface area (TPSA) is 18.5 Å². The molecule has 0 aromatic heterocycles. The lowest BCUT2D eigenvalue weighted by Crippen LogP contribution is -2.21. The summed E-state index contributed by atoms with van der Waals surface area (Å²) in [6.07, 6.45) is 2.84. The maximum absolute atomic E-state index is 5.71. The summed E-state index contributed by atoms with van der Waals surface area (Å²) in [5.74, 6) is 0. The van der Waals surface area contributed by atoms with Crippen LogP contribution in [0.15, 0.2) is 0 Å². The van der Waals surface area contributed by atoms with Crippen LogP contribution in [0.4, 0.5) is 0 Å². The van der Waals surface area contributed by atoms with Gasteiger partial charge in [-0.05, 0) is 26.7 Å². The van der Waals surface area contributed by atoms with E-state index in [1.165, 1.54) is 12.8 Å². The third-order valence-corrected chi connectivity index (χ3v) is 3.66. The van der Waals surface area contributed by atoms with Crippen LogP contribution in [-0.4, -0.2) is 31.3 Å². The molecule has 3 heteroatoms. The lowest BCUT2D eigenvalue weighted by atomic mass is 10.2. The van der Waals surface area contributed by atoms with Crippen LogP contribution in [0.5, 0.6) is 0 Å². The van der Waals surface area contributed by atoms with E-state index in [-0.39, 0.29) is 6.10 Å². The SMILES string of the molecule is CCOCC(C)OCC1(CBr)CC1. The van der Waals surface area contributed by atoms with Crippen molar-refractivity contribution in [1.29, 1.82) is 0 Å². The fourth-order valence-electron chi connectivity index (χ4n) is 1.14. The van der Waals surface area contributed by atoms with Crippen molar-refractivity contribution in [1.82, 2.24) is 0 Å². The molecule has 0 heterocycles. The molecule has 1 saturated carbocycles. The van der Waals surface area contributed by atoms with Gasteiger partial charge in [-0.3, -0.25) is 0 Å². The summed E-state index contributed by atoms with van der Waals surface area (Å²) in [4.78, 5) is 0. The summed E-state index contributed by atoms with van der Waals surface area (Å²) < 4.78 is 11.0. The van der Waals surface area contributed by atoms with E-state index >= 15 is 0 Å². The van der Waals surface area contributed by atoms with Crippen LogP contribution in [0.2, 0.25) is 0 Å². The molecule has 0 aromatic rings. The molecular weight excluding hydrogens is 232 g/mol. The normalized spacial score (nSPS) is 21.5. The molecule has 1 aliphatic carbocycles. The minimum atomic E-state index is 0.233. The zero-order chi connectivity index (χ0) is 9.73. The Labute approximate surface area is 89.1 Å². The summed E-state index contributed by atoms with van der Waals surface area (Å²) in [6, 6.07) is 0. The first-order valence-corrected chi connectivity index (χ1v) is 6.10. The molecule has 1 aliphatic rings. The lowest BCUT2D eigenvalue weighted by Gasteiger charge is -2.17. The van der Waals surface area contributed by atoms with Crippen LogP contribution in [0.3, 0.4) is 0 Å². The minimum absolute atomic E-state index is 0.233. The number of rotatable bonds is 7. The van der Waals surface area contributed by atoms with Crippen molar-refractivity contribution < 1.29 is 9.47 Å². The number of hydrogen-bond acceptors (Lipinski definition) is 2. The highest BCUT2D eigenvalue weighted by atomic mass is 79.9. The summed E-state index contributed by atoms with van der Waals surface area (Å²) in [7, 11) is 0. The molecule has 1 unspecified atom stereocenters. The number of alkyl halides is 1. The molecule has 1 rings (SSSR count). The third kappa shape index (κ3) is 3.96. The van der Waals surface area contributed by atoms with Crippen LogP contribution < -0.4 is 0 Å². The largest absolute Gasteiger partial charge is 0.379 e. The molecule has 0 amide bonds. The Morgan fingerprint density at radius 2 is 2.15 bits per heavy atom. The Kier molecular flexibility index (Phi) is 4.70. The summed E-state index contributed by atoms with van der Waals surface area (Å²) >= 11 is 3.52. The van der Waals surface area contributed by atoms with E-state index in [9.17, 15) is 0 Å². The number of ether oxygens (including phenoxy) is 2. The zero-order valence-corrected chi connectivity index (χ0v) is 10.1. The Hall–Kier alpha value is 0.400. The van der Waals surface area contributed by atoms with Gasteiger partial charge < -0.3 is 9.47 Å². The molecule has 13 heavy (non-hydrogen) atoms. The summed E-state index contributed by atoms with van der Waals surface area (Å²) in [6.45, 7) is 6.45. The predicted molar refractivity (Wildman–Crippen MR) is 57.4 cm³/mol. The van der Waals surface area contributed by atoms with Crippen LogP contribution in [0.25, 0.3) is 0 Å². The maximum atomic E-state index is 5.71. The molecule has 0 spiro atoms. The molecule has 78 valence electrons. The second-order valence-corrected chi connectivity index (χ2v) is 4.48. The zero-order valence-electron chi connectivity index (χ0n) is 8.51. The molecule has 0 aromatic carbocycles. The van der Waals surface area contributed by atoms with Gasteiger partial charge in [0.1, 0.15) is 0 Å². The van der Waals surface area contributed by atoms with Gasteiger partial charge in [-0.15, -0.1) is 0 Å². The molecule has 0 radical (unpaired) electrons. The Morgan fingerprint density at radius 1 is 1.46 bits per heavy atom. The average molecular weight is 251 g/mol. The lowest BCUT2D eigenvalue weighted by molar-refractivity contribution is -0.0180. The quantitative estimate of drug-likeness (QED) is 0.647. The standard InChI is InChI=1S/C10H19BrO2/c1-3-12-6-9(2)13-8-10(7-11)4-5-10/h9H,3-8H2,1-2H3. The molecule has 0 saturated heterocycles. The Morgan fingerprint density at radius 3 is 2.62 bits per heavy atom. The molecule has 1 fully saturated rings. The van der Waals surface area contributed by atoms with Crippen molar-refractivity contribution in [3.8, 4) is 0 Å². The van der Waals surface area contributed by atoms with Gasteiger partial charge in [-0.2, -0.15) is 0 Å². The molecule has 0 bridgehead atoms. The minimum Gasteiger partial charge on any atom is -0.379 e. The van der Waals surface area contributed by atoms with E-state index < -0.39 is 0 Å². The number of halogens is 1. The van der Waals surface area contributed by atoms with Gasteiger partial charge >= 0.3 is 0 Å². The Balaban J connectivity index is 2.04. The van der Waals surface area contributed by atoms with Crippen molar-refractivity contribution in [2.24, 2.45) is 5.41 Å². The van der Waals surface area contributed by atoms with Crippen LogP contribution >= 0.6 is 15.9 Å². The molecule has 1 atom stereocenters. The molecule has 2 nitrogen and oxygen atoms in total. The average Bonchev–Trinajstić information content (AvgIpc) is 2.92. The first kappa shape index (κ1) is 11.5. The second kappa shape index (κ2) is 5.32. The molecule has 0 aliphatic heterocycles. The highest BCUT2D eigenvalue weighted by Crippen LogP contribution is 2.47. The van der Waals surface area contributed by atoms with E-state index in [0.29, 0.717) is 5.41 Å². The highest BCUT2D eigenvalue weighted by molar-refractivity contribution is 9.09. The van der Waals surface area contributed by atoms with Gasteiger partial charge in [0.2, 0.25) is 0 Å². The first-order valence-electron chi connectivity index (χ1n) is 4.98. The van der Waals surface area contributed by atoms with Crippen molar-refractivity contribution in [3.05, 3.63) is 0 Å². The fraction of sp³-hybridized carbons (Fsp3) is 1.00. The van der Waals surface area contributed by atoms with Crippen molar-refractivity contribution in [3.63, 3.8) is 0 Å². The van der Waals surface area contributed by atoms with Gasteiger partial charge in [0.25, 0.3) is 0 Å². The fourth-order valence-corrected chi connectivity index (χ4v) is 1.87. The van der Waals surface area contributed by atoms with Crippen molar-refractivity contribution in [2.75, 3.05) is 25.2 Å². The van der Waals surface area contributed by atoms with E-state index in [1.807, 2.05) is 6.92 Å². The highest BCUT2D eigenvalue weighted by Gasteiger charge is 2.41. The van der Waals surface area contributed by atoms with Gasteiger partial charge in [0, 0.05) is 17.4 Å². The maximum Gasteiger partial charge on any atom is 0.0780 e. The van der Waals surface area contributed by atoms with Gasteiger partial charge in [-0.25, -0.2) is 0 Å².